The van der Waals surface area contributed by atoms with Crippen LogP contribution in [0.15, 0.2) is 22.7 Å². The van der Waals surface area contributed by atoms with Crippen LogP contribution in [0.1, 0.15) is 62.7 Å². The first-order chi connectivity index (χ1) is 9.19. The van der Waals surface area contributed by atoms with E-state index in [1.54, 1.807) is 0 Å². The van der Waals surface area contributed by atoms with E-state index in [4.69, 9.17) is 4.74 Å². The minimum absolute atomic E-state index is 0.214. The van der Waals surface area contributed by atoms with Crippen LogP contribution in [-0.2, 0) is 0 Å². The number of halogens is 1. The summed E-state index contributed by atoms with van der Waals surface area (Å²) in [5.74, 6) is 1.01. The molecule has 106 valence electrons. The molecule has 0 spiro atoms. The Hall–Kier alpha value is -0.830. The van der Waals surface area contributed by atoms with Crippen molar-refractivity contribution in [3.8, 4) is 5.75 Å². The number of carbonyl (C=O) groups excluding carboxylic acids is 1. The normalized spacial score (nSPS) is 10.5. The maximum absolute atomic E-state index is 12.1. The first kappa shape index (κ1) is 16.2. The number of unbranched alkanes of at least 4 members (excludes halogenated alkanes) is 4. The summed E-state index contributed by atoms with van der Waals surface area (Å²) in [4.78, 5) is 12.1. The largest absolute Gasteiger partial charge is 0.494 e. The van der Waals surface area contributed by atoms with E-state index in [0.717, 1.165) is 28.6 Å². The first-order valence-corrected chi connectivity index (χ1v) is 7.93. The molecule has 0 atom stereocenters. The first-order valence-electron chi connectivity index (χ1n) is 7.14. The zero-order chi connectivity index (χ0) is 14.1. The second kappa shape index (κ2) is 9.13. The quantitative estimate of drug-likeness (QED) is 0.449. The molecule has 0 saturated carbocycles. The Kier molecular flexibility index (Phi) is 7.80. The minimum Gasteiger partial charge on any atom is -0.494 e. The summed E-state index contributed by atoms with van der Waals surface area (Å²) < 4.78 is 6.24. The number of carbonyl (C=O) groups is 1. The fourth-order valence-electron chi connectivity index (χ4n) is 2.00. The monoisotopic (exact) mass is 326 g/mol. The third kappa shape index (κ3) is 5.77. The highest BCUT2D eigenvalue weighted by molar-refractivity contribution is 9.10. The molecule has 3 heteroatoms. The van der Waals surface area contributed by atoms with Crippen LogP contribution in [-0.4, -0.2) is 12.4 Å². The van der Waals surface area contributed by atoms with E-state index in [9.17, 15) is 4.79 Å². The molecule has 2 nitrogen and oxygen atoms in total. The van der Waals surface area contributed by atoms with Gasteiger partial charge >= 0.3 is 0 Å². The molecular formula is C16H23BrO2. The fourth-order valence-corrected chi connectivity index (χ4v) is 2.58. The van der Waals surface area contributed by atoms with Crippen molar-refractivity contribution in [3.63, 3.8) is 0 Å². The van der Waals surface area contributed by atoms with Gasteiger partial charge in [-0.1, -0.05) is 32.6 Å². The van der Waals surface area contributed by atoms with Gasteiger partial charge in [0.05, 0.1) is 6.61 Å². The fraction of sp³-hybridized carbons (Fsp3) is 0.562. The van der Waals surface area contributed by atoms with Crippen LogP contribution >= 0.6 is 15.9 Å². The number of hydrogen-bond donors (Lipinski definition) is 0. The predicted molar refractivity (Wildman–Crippen MR) is 83.0 cm³/mol. The van der Waals surface area contributed by atoms with Crippen molar-refractivity contribution in [1.29, 1.82) is 0 Å². The number of ketones is 1. The summed E-state index contributed by atoms with van der Waals surface area (Å²) in [7, 11) is 0. The minimum atomic E-state index is 0.214. The number of benzene rings is 1. The van der Waals surface area contributed by atoms with E-state index in [1.165, 1.54) is 19.3 Å². The second-order valence-electron chi connectivity index (χ2n) is 4.66. The summed E-state index contributed by atoms with van der Waals surface area (Å²) in [6.45, 7) is 4.78. The van der Waals surface area contributed by atoms with Crippen molar-refractivity contribution in [3.05, 3.63) is 28.2 Å². The van der Waals surface area contributed by atoms with Crippen LogP contribution in [0.3, 0.4) is 0 Å². The van der Waals surface area contributed by atoms with Gasteiger partial charge in [-0.25, -0.2) is 0 Å². The van der Waals surface area contributed by atoms with Crippen LogP contribution in [0.25, 0.3) is 0 Å². The van der Waals surface area contributed by atoms with E-state index < -0.39 is 0 Å². The van der Waals surface area contributed by atoms with Crippen molar-refractivity contribution in [2.75, 3.05) is 6.61 Å². The van der Waals surface area contributed by atoms with E-state index >= 15 is 0 Å². The molecular weight excluding hydrogens is 304 g/mol. The predicted octanol–water partition coefficient (Wildman–Crippen LogP) is 5.39. The summed E-state index contributed by atoms with van der Waals surface area (Å²) >= 11 is 3.45. The van der Waals surface area contributed by atoms with Gasteiger partial charge in [-0.05, 0) is 47.5 Å². The van der Waals surface area contributed by atoms with Gasteiger partial charge in [0.25, 0.3) is 0 Å². The van der Waals surface area contributed by atoms with Gasteiger partial charge in [0.1, 0.15) is 5.75 Å². The molecule has 19 heavy (non-hydrogen) atoms. The topological polar surface area (TPSA) is 26.3 Å². The number of Topliss-reactive ketones (excluding diaryl/α,β-unsaturated/α-hetero) is 1. The Bertz CT molecular complexity index is 402. The lowest BCUT2D eigenvalue weighted by Crippen LogP contribution is -2.01. The van der Waals surface area contributed by atoms with Crippen LogP contribution in [0.2, 0.25) is 0 Å². The smallest absolute Gasteiger partial charge is 0.164 e. The average Bonchev–Trinajstić information content (AvgIpc) is 2.39. The zero-order valence-corrected chi connectivity index (χ0v) is 13.5. The molecule has 0 radical (unpaired) electrons. The second-order valence-corrected chi connectivity index (χ2v) is 5.52. The van der Waals surface area contributed by atoms with Crippen molar-refractivity contribution < 1.29 is 9.53 Å². The number of rotatable bonds is 9. The Morgan fingerprint density at radius 1 is 1.16 bits per heavy atom. The molecule has 0 N–H and O–H groups in total. The standard InChI is InChI=1S/C16H23BrO2/c1-3-5-6-7-8-9-16(18)14-11-10-13(19-4-2)12-15(14)17/h10-12H,3-9H2,1-2H3. The number of hydrogen-bond acceptors (Lipinski definition) is 2. The van der Waals surface area contributed by atoms with Crippen LogP contribution in [0.4, 0.5) is 0 Å². The lowest BCUT2D eigenvalue weighted by molar-refractivity contribution is 0.0978. The molecule has 0 heterocycles. The maximum atomic E-state index is 12.1. The third-order valence-electron chi connectivity index (χ3n) is 3.06. The highest BCUT2D eigenvalue weighted by Crippen LogP contribution is 2.25. The zero-order valence-electron chi connectivity index (χ0n) is 11.9. The molecule has 0 fully saturated rings. The van der Waals surface area contributed by atoms with Crippen molar-refractivity contribution >= 4 is 21.7 Å². The molecule has 0 aliphatic heterocycles. The third-order valence-corrected chi connectivity index (χ3v) is 3.72. The van der Waals surface area contributed by atoms with Gasteiger partial charge in [0, 0.05) is 16.5 Å². The Morgan fingerprint density at radius 2 is 1.89 bits per heavy atom. The number of ether oxygens (including phenoxy) is 1. The molecule has 0 bridgehead atoms. The summed E-state index contributed by atoms with van der Waals surface area (Å²) in [6.07, 6.45) is 6.50. The van der Waals surface area contributed by atoms with E-state index in [-0.39, 0.29) is 5.78 Å². The van der Waals surface area contributed by atoms with Gasteiger partial charge in [-0.2, -0.15) is 0 Å². The Balaban J connectivity index is 2.48. The summed E-state index contributed by atoms with van der Waals surface area (Å²) in [6, 6.07) is 5.58. The lowest BCUT2D eigenvalue weighted by Gasteiger charge is -2.07. The highest BCUT2D eigenvalue weighted by Gasteiger charge is 2.10. The molecule has 0 unspecified atom stereocenters. The molecule has 1 rings (SSSR count). The van der Waals surface area contributed by atoms with Crippen molar-refractivity contribution in [2.24, 2.45) is 0 Å². The Morgan fingerprint density at radius 3 is 2.53 bits per heavy atom. The molecule has 0 amide bonds. The van der Waals surface area contributed by atoms with Gasteiger partial charge in [-0.15, -0.1) is 0 Å². The maximum Gasteiger partial charge on any atom is 0.164 e. The molecule has 1 aromatic rings. The van der Waals surface area contributed by atoms with E-state index in [1.807, 2.05) is 25.1 Å². The lowest BCUT2D eigenvalue weighted by atomic mass is 10.0. The van der Waals surface area contributed by atoms with Gasteiger partial charge < -0.3 is 4.74 Å². The van der Waals surface area contributed by atoms with Crippen molar-refractivity contribution in [2.45, 2.75) is 52.4 Å². The van der Waals surface area contributed by atoms with E-state index in [0.29, 0.717) is 13.0 Å². The SMILES string of the molecule is CCCCCCCC(=O)c1ccc(OCC)cc1Br. The van der Waals surface area contributed by atoms with Crippen LogP contribution < -0.4 is 4.74 Å². The molecule has 1 aromatic carbocycles. The van der Waals surface area contributed by atoms with Gasteiger partial charge in [0.15, 0.2) is 5.78 Å². The summed E-state index contributed by atoms with van der Waals surface area (Å²) in [5.41, 5.74) is 0.763. The Labute approximate surface area is 124 Å². The molecule has 0 saturated heterocycles. The molecule has 0 aromatic heterocycles. The van der Waals surface area contributed by atoms with Crippen molar-refractivity contribution in [1.82, 2.24) is 0 Å². The summed E-state index contributed by atoms with van der Waals surface area (Å²) in [5, 5.41) is 0. The van der Waals surface area contributed by atoms with Crippen LogP contribution in [0.5, 0.6) is 5.75 Å². The van der Waals surface area contributed by atoms with E-state index in [2.05, 4.69) is 22.9 Å². The van der Waals surface area contributed by atoms with Gasteiger partial charge in [-0.3, -0.25) is 4.79 Å². The van der Waals surface area contributed by atoms with Gasteiger partial charge in [0.2, 0.25) is 0 Å². The van der Waals surface area contributed by atoms with Crippen LogP contribution in [0, 0.1) is 0 Å². The molecule has 0 aliphatic carbocycles. The average molecular weight is 327 g/mol. The highest BCUT2D eigenvalue weighted by atomic mass is 79.9. The molecule has 0 aliphatic rings.